The van der Waals surface area contributed by atoms with Gasteiger partial charge in [-0.25, -0.2) is 0 Å². The smallest absolute Gasteiger partial charge is 0.224 e. The molecule has 0 saturated heterocycles. The fraction of sp³-hybridized carbons (Fsp3) is 0.556. The van der Waals surface area contributed by atoms with Crippen LogP contribution in [-0.2, 0) is 9.59 Å². The SMILES string of the molecule is Cl.NC1C2CCC(C2)C1C(=O)NCCCC(=O)Nc1ccc(Cl)cc1. The van der Waals surface area contributed by atoms with E-state index < -0.39 is 0 Å². The summed E-state index contributed by atoms with van der Waals surface area (Å²) in [5, 5.41) is 6.40. The first-order chi connectivity index (χ1) is 11.5. The second-order valence-corrected chi connectivity index (χ2v) is 7.32. The predicted octanol–water partition coefficient (Wildman–Crippen LogP) is 2.97. The number of halogens is 2. The number of carbonyl (C=O) groups is 2. The van der Waals surface area contributed by atoms with E-state index in [1.54, 1.807) is 24.3 Å². The van der Waals surface area contributed by atoms with Gasteiger partial charge in [0.1, 0.15) is 0 Å². The van der Waals surface area contributed by atoms with E-state index in [0.29, 0.717) is 36.2 Å². The van der Waals surface area contributed by atoms with Crippen molar-refractivity contribution in [3.05, 3.63) is 29.3 Å². The molecule has 1 aromatic carbocycles. The Balaban J connectivity index is 0.00000225. The Morgan fingerprint density at radius 1 is 1.16 bits per heavy atom. The molecule has 2 saturated carbocycles. The summed E-state index contributed by atoms with van der Waals surface area (Å²) in [5.41, 5.74) is 6.90. The molecule has 2 fully saturated rings. The summed E-state index contributed by atoms with van der Waals surface area (Å²) in [6.45, 7) is 0.507. The highest BCUT2D eigenvalue weighted by molar-refractivity contribution is 6.30. The monoisotopic (exact) mass is 385 g/mol. The zero-order valence-electron chi connectivity index (χ0n) is 14.0. The molecule has 2 aliphatic carbocycles. The van der Waals surface area contributed by atoms with Gasteiger partial charge in [-0.1, -0.05) is 11.6 Å². The fourth-order valence-corrected chi connectivity index (χ4v) is 4.19. The average Bonchev–Trinajstić information content (AvgIpc) is 3.14. The fourth-order valence-electron chi connectivity index (χ4n) is 4.06. The summed E-state index contributed by atoms with van der Waals surface area (Å²) < 4.78 is 0. The van der Waals surface area contributed by atoms with Crippen molar-refractivity contribution in [2.24, 2.45) is 23.5 Å². The van der Waals surface area contributed by atoms with Gasteiger partial charge in [-0.05, 0) is 61.8 Å². The lowest BCUT2D eigenvalue weighted by Crippen LogP contribution is -2.45. The largest absolute Gasteiger partial charge is 0.356 e. The van der Waals surface area contributed by atoms with Crippen molar-refractivity contribution < 1.29 is 9.59 Å². The molecule has 0 spiro atoms. The van der Waals surface area contributed by atoms with Gasteiger partial charge in [0, 0.05) is 29.7 Å². The molecule has 7 heteroatoms. The van der Waals surface area contributed by atoms with Crippen molar-refractivity contribution in [1.82, 2.24) is 5.32 Å². The first-order valence-corrected chi connectivity index (χ1v) is 9.01. The molecule has 0 aromatic heterocycles. The van der Waals surface area contributed by atoms with E-state index in [4.69, 9.17) is 17.3 Å². The Morgan fingerprint density at radius 2 is 1.84 bits per heavy atom. The molecule has 2 amide bonds. The lowest BCUT2D eigenvalue weighted by atomic mass is 9.84. The highest BCUT2D eigenvalue weighted by Gasteiger charge is 2.48. The van der Waals surface area contributed by atoms with Crippen LogP contribution in [0, 0.1) is 17.8 Å². The van der Waals surface area contributed by atoms with Crippen LogP contribution >= 0.6 is 24.0 Å². The van der Waals surface area contributed by atoms with Crippen LogP contribution < -0.4 is 16.4 Å². The third-order valence-electron chi connectivity index (χ3n) is 5.29. The topological polar surface area (TPSA) is 84.2 Å². The van der Waals surface area contributed by atoms with Gasteiger partial charge in [0.15, 0.2) is 0 Å². The molecule has 0 heterocycles. The number of amides is 2. The van der Waals surface area contributed by atoms with Gasteiger partial charge in [-0.2, -0.15) is 0 Å². The summed E-state index contributed by atoms with van der Waals surface area (Å²) >= 11 is 5.81. The van der Waals surface area contributed by atoms with Gasteiger partial charge in [0.2, 0.25) is 11.8 Å². The highest BCUT2D eigenvalue weighted by Crippen LogP contribution is 2.47. The molecule has 25 heavy (non-hydrogen) atoms. The Kier molecular flexibility index (Phi) is 7.11. The molecule has 4 atom stereocenters. The van der Waals surface area contributed by atoms with Gasteiger partial charge >= 0.3 is 0 Å². The number of anilines is 1. The molecular formula is C18H25Cl2N3O2. The first-order valence-electron chi connectivity index (χ1n) is 8.63. The van der Waals surface area contributed by atoms with E-state index in [0.717, 1.165) is 18.5 Å². The van der Waals surface area contributed by atoms with Crippen LogP contribution in [0.15, 0.2) is 24.3 Å². The lowest BCUT2D eigenvalue weighted by Gasteiger charge is -2.27. The summed E-state index contributed by atoms with van der Waals surface area (Å²) in [7, 11) is 0. The van der Waals surface area contributed by atoms with Crippen molar-refractivity contribution in [2.75, 3.05) is 11.9 Å². The van der Waals surface area contributed by atoms with Crippen LogP contribution in [0.25, 0.3) is 0 Å². The van der Waals surface area contributed by atoms with Crippen molar-refractivity contribution in [3.63, 3.8) is 0 Å². The predicted molar refractivity (Wildman–Crippen MR) is 102 cm³/mol. The highest BCUT2D eigenvalue weighted by atomic mass is 35.5. The number of benzene rings is 1. The van der Waals surface area contributed by atoms with Crippen molar-refractivity contribution in [3.8, 4) is 0 Å². The van der Waals surface area contributed by atoms with Crippen LogP contribution in [0.3, 0.4) is 0 Å². The summed E-state index contributed by atoms with van der Waals surface area (Å²) in [6.07, 6.45) is 4.37. The van der Waals surface area contributed by atoms with Gasteiger partial charge in [-0.15, -0.1) is 12.4 Å². The second-order valence-electron chi connectivity index (χ2n) is 6.89. The van der Waals surface area contributed by atoms with Crippen molar-refractivity contribution in [1.29, 1.82) is 0 Å². The lowest BCUT2D eigenvalue weighted by molar-refractivity contribution is -0.127. The number of hydrogen-bond acceptors (Lipinski definition) is 3. The van der Waals surface area contributed by atoms with Crippen LogP contribution in [0.2, 0.25) is 5.02 Å². The van der Waals surface area contributed by atoms with E-state index in [-0.39, 0.29) is 36.2 Å². The number of nitrogens with two attached hydrogens (primary N) is 1. The second kappa shape index (κ2) is 8.88. The Bertz CT molecular complexity index is 607. The maximum absolute atomic E-state index is 12.3. The minimum absolute atomic E-state index is 0. The van der Waals surface area contributed by atoms with E-state index in [1.807, 2.05) is 0 Å². The molecular weight excluding hydrogens is 361 g/mol. The first kappa shape index (κ1) is 20.0. The average molecular weight is 386 g/mol. The number of rotatable bonds is 6. The van der Waals surface area contributed by atoms with Gasteiger partial charge in [0.05, 0.1) is 5.92 Å². The van der Waals surface area contributed by atoms with Gasteiger partial charge in [0.25, 0.3) is 0 Å². The third-order valence-corrected chi connectivity index (χ3v) is 5.54. The minimum atomic E-state index is -0.0665. The maximum Gasteiger partial charge on any atom is 0.224 e. The van der Waals surface area contributed by atoms with Gasteiger partial charge < -0.3 is 16.4 Å². The molecule has 3 rings (SSSR count). The minimum Gasteiger partial charge on any atom is -0.356 e. The Labute approximate surface area is 159 Å². The molecule has 1 aromatic rings. The van der Waals surface area contributed by atoms with E-state index in [9.17, 15) is 9.59 Å². The van der Waals surface area contributed by atoms with Crippen LogP contribution in [0.1, 0.15) is 32.1 Å². The molecule has 2 bridgehead atoms. The zero-order valence-corrected chi connectivity index (χ0v) is 15.6. The number of hydrogen-bond donors (Lipinski definition) is 3. The third kappa shape index (κ3) is 4.87. The molecule has 0 aliphatic heterocycles. The van der Waals surface area contributed by atoms with E-state index >= 15 is 0 Å². The normalized spacial score (nSPS) is 26.8. The molecule has 0 radical (unpaired) electrons. The van der Waals surface area contributed by atoms with E-state index in [2.05, 4.69) is 10.6 Å². The maximum atomic E-state index is 12.3. The van der Waals surface area contributed by atoms with Crippen LogP contribution in [0.5, 0.6) is 0 Å². The van der Waals surface area contributed by atoms with Crippen molar-refractivity contribution in [2.45, 2.75) is 38.1 Å². The number of nitrogens with one attached hydrogen (secondary N) is 2. The molecule has 5 nitrogen and oxygen atoms in total. The number of carbonyl (C=O) groups excluding carboxylic acids is 2. The zero-order chi connectivity index (χ0) is 17.1. The summed E-state index contributed by atoms with van der Waals surface area (Å²) in [6, 6.07) is 7.00. The Morgan fingerprint density at radius 3 is 2.48 bits per heavy atom. The summed E-state index contributed by atoms with van der Waals surface area (Å²) in [4.78, 5) is 24.2. The summed E-state index contributed by atoms with van der Waals surface area (Å²) in [5.74, 6) is 0.941. The van der Waals surface area contributed by atoms with Crippen LogP contribution in [0.4, 0.5) is 5.69 Å². The molecule has 138 valence electrons. The number of fused-ring (bicyclic) bond motifs is 2. The molecule has 4 N–H and O–H groups in total. The Hall–Kier alpha value is -1.30. The van der Waals surface area contributed by atoms with Gasteiger partial charge in [-0.3, -0.25) is 9.59 Å². The quantitative estimate of drug-likeness (QED) is 0.658. The molecule has 2 aliphatic rings. The van der Waals surface area contributed by atoms with Crippen molar-refractivity contribution >= 4 is 41.5 Å². The van der Waals surface area contributed by atoms with E-state index in [1.165, 1.54) is 6.42 Å². The molecule has 4 unspecified atom stereocenters. The standard InChI is InChI=1S/C18H24ClN3O2.ClH/c19-13-5-7-14(8-6-13)22-15(23)2-1-9-21-18(24)16-11-3-4-12(10-11)17(16)20;/h5-8,11-12,16-17H,1-4,9-10,20H2,(H,21,24)(H,22,23);1H. The van der Waals surface area contributed by atoms with Crippen LogP contribution in [-0.4, -0.2) is 24.4 Å².